The zero-order valence-electron chi connectivity index (χ0n) is 13.0. The molecule has 0 spiro atoms. The lowest BCUT2D eigenvalue weighted by Crippen LogP contribution is -2.46. The van der Waals surface area contributed by atoms with Crippen LogP contribution in [0.1, 0.15) is 47.5 Å². The predicted molar refractivity (Wildman–Crippen MR) is 76.1 cm³/mol. The average molecular weight is 268 g/mol. The summed E-state index contributed by atoms with van der Waals surface area (Å²) in [6, 6.07) is 1.14. The molecule has 0 aromatic rings. The van der Waals surface area contributed by atoms with Crippen molar-refractivity contribution in [1.29, 1.82) is 0 Å². The summed E-state index contributed by atoms with van der Waals surface area (Å²) < 4.78 is 5.04. The molecule has 1 amide bonds. The minimum atomic E-state index is -0.159. The van der Waals surface area contributed by atoms with Gasteiger partial charge in [-0.05, 0) is 30.6 Å². The molecule has 1 aliphatic heterocycles. The van der Waals surface area contributed by atoms with Gasteiger partial charge in [0.15, 0.2) is 0 Å². The Hall–Kier alpha value is -0.770. The minimum absolute atomic E-state index is 0.159. The Kier molecular flexibility index (Phi) is 3.83. The van der Waals surface area contributed by atoms with Crippen LogP contribution in [0.5, 0.6) is 0 Å². The molecule has 0 bridgehead atoms. The van der Waals surface area contributed by atoms with Crippen molar-refractivity contribution in [2.75, 3.05) is 19.7 Å². The molecular weight excluding hydrogens is 240 g/mol. The van der Waals surface area contributed by atoms with E-state index in [0.29, 0.717) is 29.5 Å². The third-order valence-corrected chi connectivity index (χ3v) is 5.44. The lowest BCUT2D eigenvalue weighted by molar-refractivity contribution is 0.0946. The highest BCUT2D eigenvalue weighted by molar-refractivity contribution is 5.67. The fourth-order valence-corrected chi connectivity index (χ4v) is 3.29. The van der Waals surface area contributed by atoms with Gasteiger partial charge in [-0.1, -0.05) is 27.7 Å². The van der Waals surface area contributed by atoms with Gasteiger partial charge in [-0.3, -0.25) is 0 Å². The first kappa shape index (κ1) is 14.6. The highest BCUT2D eigenvalue weighted by Crippen LogP contribution is 2.62. The molecule has 1 N–H and O–H groups in total. The van der Waals surface area contributed by atoms with E-state index in [9.17, 15) is 4.79 Å². The maximum absolute atomic E-state index is 11.6. The van der Waals surface area contributed by atoms with Crippen LogP contribution in [0.3, 0.4) is 0 Å². The van der Waals surface area contributed by atoms with Crippen LogP contribution in [-0.2, 0) is 4.74 Å². The number of nitrogens with zero attached hydrogens (tertiary/aromatic N) is 1. The number of rotatable bonds is 3. The van der Waals surface area contributed by atoms with Gasteiger partial charge in [0, 0.05) is 25.2 Å². The van der Waals surface area contributed by atoms with E-state index in [1.165, 1.54) is 0 Å². The first-order valence-electron chi connectivity index (χ1n) is 7.48. The summed E-state index contributed by atoms with van der Waals surface area (Å²) in [5, 5.41) is 3.79. The van der Waals surface area contributed by atoms with Crippen molar-refractivity contribution in [2.45, 2.75) is 59.5 Å². The van der Waals surface area contributed by atoms with Crippen molar-refractivity contribution < 1.29 is 9.53 Å². The molecule has 19 heavy (non-hydrogen) atoms. The largest absolute Gasteiger partial charge is 0.450 e. The van der Waals surface area contributed by atoms with Crippen molar-refractivity contribution in [3.05, 3.63) is 0 Å². The van der Waals surface area contributed by atoms with Crippen LogP contribution in [0.15, 0.2) is 0 Å². The fourth-order valence-electron chi connectivity index (χ4n) is 3.29. The molecule has 2 aliphatic rings. The second-order valence-corrected chi connectivity index (χ2v) is 7.00. The number of hydrogen-bond donors (Lipinski definition) is 1. The Bertz CT molecular complexity index is 330. The Morgan fingerprint density at radius 1 is 1.21 bits per heavy atom. The van der Waals surface area contributed by atoms with Crippen LogP contribution in [0.25, 0.3) is 0 Å². The third-order valence-electron chi connectivity index (χ3n) is 5.44. The number of carbonyl (C=O) groups is 1. The number of ether oxygens (including phenoxy) is 1. The van der Waals surface area contributed by atoms with Crippen LogP contribution < -0.4 is 5.32 Å². The van der Waals surface area contributed by atoms with Crippen molar-refractivity contribution in [1.82, 2.24) is 10.2 Å². The molecule has 1 saturated carbocycles. The lowest BCUT2D eigenvalue weighted by atomic mass is 10.0. The first-order valence-corrected chi connectivity index (χ1v) is 7.48. The number of likely N-dealkylation sites (tertiary alicyclic amines) is 1. The quantitative estimate of drug-likeness (QED) is 0.855. The second kappa shape index (κ2) is 4.97. The highest BCUT2D eigenvalue weighted by atomic mass is 16.6. The molecule has 1 heterocycles. The molecule has 0 unspecified atom stereocenters. The standard InChI is InChI=1S/C15H28N2O2/c1-6-19-13(18)17-9-7-11(8-10-17)16-12-14(2,3)15(12,4)5/h11-12,16H,6-10H2,1-5H3. The number of carbonyl (C=O) groups excluding carboxylic acids is 1. The van der Waals surface area contributed by atoms with Gasteiger partial charge in [0.1, 0.15) is 0 Å². The summed E-state index contributed by atoms with van der Waals surface area (Å²) >= 11 is 0. The minimum Gasteiger partial charge on any atom is -0.450 e. The molecule has 2 fully saturated rings. The molecule has 4 nitrogen and oxygen atoms in total. The fraction of sp³-hybridized carbons (Fsp3) is 0.933. The zero-order chi connectivity index (χ0) is 14.3. The Labute approximate surface area is 116 Å². The maximum Gasteiger partial charge on any atom is 0.409 e. The molecule has 0 radical (unpaired) electrons. The van der Waals surface area contributed by atoms with Gasteiger partial charge in [0.25, 0.3) is 0 Å². The summed E-state index contributed by atoms with van der Waals surface area (Å²) in [4.78, 5) is 13.5. The van der Waals surface area contributed by atoms with Crippen LogP contribution in [0.2, 0.25) is 0 Å². The van der Waals surface area contributed by atoms with Gasteiger partial charge < -0.3 is 15.0 Å². The van der Waals surface area contributed by atoms with E-state index in [-0.39, 0.29) is 6.09 Å². The zero-order valence-corrected chi connectivity index (χ0v) is 13.0. The van der Waals surface area contributed by atoms with E-state index < -0.39 is 0 Å². The van der Waals surface area contributed by atoms with Crippen molar-refractivity contribution in [3.63, 3.8) is 0 Å². The van der Waals surface area contributed by atoms with E-state index in [2.05, 4.69) is 33.0 Å². The van der Waals surface area contributed by atoms with Gasteiger partial charge in [-0.2, -0.15) is 0 Å². The first-order chi connectivity index (χ1) is 8.80. The molecule has 0 aromatic heterocycles. The number of hydrogen-bond acceptors (Lipinski definition) is 3. The Morgan fingerprint density at radius 2 is 1.74 bits per heavy atom. The molecular formula is C15H28N2O2. The van der Waals surface area contributed by atoms with Crippen LogP contribution >= 0.6 is 0 Å². The van der Waals surface area contributed by atoms with E-state index in [0.717, 1.165) is 25.9 Å². The van der Waals surface area contributed by atoms with Gasteiger partial charge in [0.05, 0.1) is 6.61 Å². The van der Waals surface area contributed by atoms with Crippen LogP contribution in [-0.4, -0.2) is 42.8 Å². The summed E-state index contributed by atoms with van der Waals surface area (Å²) in [6.07, 6.45) is 1.90. The van der Waals surface area contributed by atoms with Crippen molar-refractivity contribution in [2.24, 2.45) is 10.8 Å². The molecule has 1 aliphatic carbocycles. The van der Waals surface area contributed by atoms with E-state index in [1.54, 1.807) is 0 Å². The monoisotopic (exact) mass is 268 g/mol. The van der Waals surface area contributed by atoms with E-state index >= 15 is 0 Å². The Morgan fingerprint density at radius 3 is 2.16 bits per heavy atom. The van der Waals surface area contributed by atoms with Gasteiger partial charge in [-0.25, -0.2) is 4.79 Å². The highest BCUT2D eigenvalue weighted by Gasteiger charge is 2.64. The normalized spacial score (nSPS) is 26.3. The number of nitrogens with one attached hydrogen (secondary N) is 1. The van der Waals surface area contributed by atoms with Gasteiger partial charge in [0.2, 0.25) is 0 Å². The number of piperidine rings is 1. The maximum atomic E-state index is 11.6. The topological polar surface area (TPSA) is 41.6 Å². The smallest absolute Gasteiger partial charge is 0.409 e. The average Bonchev–Trinajstić information content (AvgIpc) is 2.73. The summed E-state index contributed by atoms with van der Waals surface area (Å²) in [5.74, 6) is 0. The molecule has 4 heteroatoms. The van der Waals surface area contributed by atoms with E-state index in [1.807, 2.05) is 11.8 Å². The van der Waals surface area contributed by atoms with Crippen LogP contribution in [0, 0.1) is 10.8 Å². The summed E-state index contributed by atoms with van der Waals surface area (Å²) in [7, 11) is 0. The second-order valence-electron chi connectivity index (χ2n) is 7.00. The van der Waals surface area contributed by atoms with Crippen molar-refractivity contribution >= 4 is 6.09 Å². The molecule has 0 atom stereocenters. The lowest BCUT2D eigenvalue weighted by Gasteiger charge is -2.32. The molecule has 0 aromatic carbocycles. The predicted octanol–water partition coefficient (Wildman–Crippen LogP) is 2.63. The SMILES string of the molecule is CCOC(=O)N1CCC(NC2C(C)(C)C2(C)C)CC1. The Balaban J connectivity index is 1.78. The third kappa shape index (κ3) is 2.60. The number of amides is 1. The molecule has 110 valence electrons. The van der Waals surface area contributed by atoms with Crippen molar-refractivity contribution in [3.8, 4) is 0 Å². The van der Waals surface area contributed by atoms with Crippen LogP contribution in [0.4, 0.5) is 4.79 Å². The van der Waals surface area contributed by atoms with E-state index in [4.69, 9.17) is 4.74 Å². The van der Waals surface area contributed by atoms with Gasteiger partial charge >= 0.3 is 6.09 Å². The van der Waals surface area contributed by atoms with Gasteiger partial charge in [-0.15, -0.1) is 0 Å². The summed E-state index contributed by atoms with van der Waals surface area (Å²) in [5.41, 5.74) is 0.760. The summed E-state index contributed by atoms with van der Waals surface area (Å²) in [6.45, 7) is 13.3. The molecule has 2 rings (SSSR count). The molecule has 1 saturated heterocycles.